The Bertz CT molecular complexity index is 452. The smallest absolute Gasteiger partial charge is 0.352 e. The van der Waals surface area contributed by atoms with Gasteiger partial charge in [-0.15, -0.1) is 11.8 Å². The van der Waals surface area contributed by atoms with Gasteiger partial charge in [-0.05, 0) is 26.3 Å². The molecule has 1 fully saturated rings. The molecule has 1 unspecified atom stereocenters. The third-order valence-corrected chi connectivity index (χ3v) is 4.14. The predicted octanol–water partition coefficient (Wildman–Crippen LogP) is 1.11. The number of hydrogen-bond donors (Lipinski definition) is 1. The molecule has 1 N–H and O–H groups in total. The Hall–Kier alpha value is -1.30. The summed E-state index contributed by atoms with van der Waals surface area (Å²) in [6.45, 7) is 5.42. The first-order chi connectivity index (χ1) is 7.93. The molecule has 5 nitrogen and oxygen atoms in total. The maximum absolute atomic E-state index is 11.9. The number of nitrogens with zero attached hydrogens (tertiary/aromatic N) is 2. The lowest BCUT2D eigenvalue weighted by Crippen LogP contribution is -2.64. The number of carboxylic acids is 1. The first-order valence-corrected chi connectivity index (χ1v) is 6.37. The minimum Gasteiger partial charge on any atom is -0.477 e. The lowest BCUT2D eigenvalue weighted by molar-refractivity contribution is -0.147. The number of fused-ring (bicyclic) bond motifs is 1. The summed E-state index contributed by atoms with van der Waals surface area (Å²) in [7, 11) is 0. The number of thioether (sulfide) groups is 1. The van der Waals surface area contributed by atoms with Crippen molar-refractivity contribution in [1.29, 1.82) is 0 Å². The van der Waals surface area contributed by atoms with Crippen molar-refractivity contribution in [2.75, 3.05) is 5.75 Å². The summed E-state index contributed by atoms with van der Waals surface area (Å²) < 4.78 is 0. The summed E-state index contributed by atoms with van der Waals surface area (Å²) in [5, 5.41) is 8.97. The Labute approximate surface area is 104 Å². The number of aliphatic carboxylic acids is 1. The molecule has 17 heavy (non-hydrogen) atoms. The largest absolute Gasteiger partial charge is 0.477 e. The minimum absolute atomic E-state index is 0.138. The van der Waals surface area contributed by atoms with E-state index in [0.717, 1.165) is 11.3 Å². The zero-order chi connectivity index (χ0) is 12.7. The number of aliphatic imine (C=N–C) groups is 1. The van der Waals surface area contributed by atoms with Gasteiger partial charge in [0, 0.05) is 11.5 Å². The van der Waals surface area contributed by atoms with E-state index in [1.165, 1.54) is 4.90 Å². The molecule has 2 rings (SSSR count). The van der Waals surface area contributed by atoms with E-state index in [4.69, 9.17) is 5.11 Å². The molecule has 92 valence electrons. The van der Waals surface area contributed by atoms with Gasteiger partial charge in [-0.25, -0.2) is 4.79 Å². The van der Waals surface area contributed by atoms with E-state index in [1.54, 1.807) is 18.7 Å². The SMILES string of the molecule is CC(C)=NC1C(=O)N2C(C(=O)O)=C(C)CS[C@H]12. The second kappa shape index (κ2) is 4.18. The highest BCUT2D eigenvalue weighted by Gasteiger charge is 2.53. The van der Waals surface area contributed by atoms with Gasteiger partial charge in [-0.1, -0.05) is 0 Å². The van der Waals surface area contributed by atoms with Gasteiger partial charge in [0.1, 0.15) is 11.1 Å². The van der Waals surface area contributed by atoms with Gasteiger partial charge < -0.3 is 5.11 Å². The standard InChI is InChI=1S/C11H14N2O3S/c1-5(2)12-7-9(14)13-8(11(15)16)6(3)4-17-10(7)13/h7,10H,4H2,1-3H3,(H,15,16)/t7?,10-/m1/s1. The molecule has 2 aliphatic heterocycles. The number of hydrogen-bond acceptors (Lipinski definition) is 4. The maximum Gasteiger partial charge on any atom is 0.352 e. The fourth-order valence-corrected chi connectivity index (χ4v) is 3.29. The van der Waals surface area contributed by atoms with Crippen LogP contribution in [0.25, 0.3) is 0 Å². The van der Waals surface area contributed by atoms with Crippen LogP contribution in [0, 0.1) is 0 Å². The monoisotopic (exact) mass is 254 g/mol. The van der Waals surface area contributed by atoms with Crippen molar-refractivity contribution in [2.45, 2.75) is 32.2 Å². The van der Waals surface area contributed by atoms with E-state index in [0.29, 0.717) is 5.75 Å². The third-order valence-electron chi connectivity index (χ3n) is 2.73. The number of carbonyl (C=O) groups excluding carboxylic acids is 1. The molecule has 0 spiro atoms. The molecular formula is C11H14N2O3S. The summed E-state index contributed by atoms with van der Waals surface area (Å²) in [5.74, 6) is -0.595. The molecule has 0 saturated carbocycles. The number of rotatable bonds is 2. The van der Waals surface area contributed by atoms with Gasteiger partial charge in [0.05, 0.1) is 0 Å². The van der Waals surface area contributed by atoms with Crippen molar-refractivity contribution in [2.24, 2.45) is 4.99 Å². The number of β-lactam (4-membered cyclic amide) rings is 1. The summed E-state index contributed by atoms with van der Waals surface area (Å²) in [6.07, 6.45) is 0. The van der Waals surface area contributed by atoms with Crippen LogP contribution >= 0.6 is 11.8 Å². The van der Waals surface area contributed by atoms with Crippen LogP contribution in [0.3, 0.4) is 0 Å². The summed E-state index contributed by atoms with van der Waals surface area (Å²) in [4.78, 5) is 28.7. The predicted molar refractivity (Wildman–Crippen MR) is 66.0 cm³/mol. The molecular weight excluding hydrogens is 240 g/mol. The summed E-state index contributed by atoms with van der Waals surface area (Å²) in [6, 6.07) is -0.410. The fraction of sp³-hybridized carbons (Fsp3) is 0.545. The number of amides is 1. The van der Waals surface area contributed by atoms with Crippen LogP contribution in [0.1, 0.15) is 20.8 Å². The lowest BCUT2D eigenvalue weighted by Gasteiger charge is -2.47. The maximum atomic E-state index is 11.9. The molecule has 2 heterocycles. The molecule has 0 aliphatic carbocycles. The molecule has 0 bridgehead atoms. The van der Waals surface area contributed by atoms with Crippen LogP contribution < -0.4 is 0 Å². The molecule has 0 radical (unpaired) electrons. The quantitative estimate of drug-likeness (QED) is 0.592. The van der Waals surface area contributed by atoms with E-state index in [2.05, 4.69) is 4.99 Å². The minimum atomic E-state index is -1.03. The Morgan fingerprint density at radius 1 is 1.53 bits per heavy atom. The van der Waals surface area contributed by atoms with Crippen molar-refractivity contribution in [3.05, 3.63) is 11.3 Å². The average molecular weight is 254 g/mol. The summed E-state index contributed by atoms with van der Waals surface area (Å²) in [5.41, 5.74) is 1.72. The van der Waals surface area contributed by atoms with E-state index >= 15 is 0 Å². The van der Waals surface area contributed by atoms with Crippen LogP contribution in [0.5, 0.6) is 0 Å². The fourth-order valence-electron chi connectivity index (χ4n) is 2.02. The van der Waals surface area contributed by atoms with Crippen molar-refractivity contribution < 1.29 is 14.7 Å². The van der Waals surface area contributed by atoms with E-state index in [9.17, 15) is 9.59 Å². The zero-order valence-electron chi connectivity index (χ0n) is 9.93. The molecule has 1 amide bonds. The van der Waals surface area contributed by atoms with Crippen LogP contribution in [-0.4, -0.2) is 44.8 Å². The van der Waals surface area contributed by atoms with Gasteiger partial charge >= 0.3 is 5.97 Å². The van der Waals surface area contributed by atoms with Gasteiger partial charge in [0.25, 0.3) is 5.91 Å². The Morgan fingerprint density at radius 3 is 2.71 bits per heavy atom. The van der Waals surface area contributed by atoms with Crippen LogP contribution in [0.2, 0.25) is 0 Å². The zero-order valence-corrected chi connectivity index (χ0v) is 10.7. The van der Waals surface area contributed by atoms with Crippen molar-refractivity contribution >= 4 is 29.4 Å². The first-order valence-electron chi connectivity index (χ1n) is 5.32. The van der Waals surface area contributed by atoms with Crippen molar-refractivity contribution in [1.82, 2.24) is 4.90 Å². The van der Waals surface area contributed by atoms with E-state index < -0.39 is 12.0 Å². The van der Waals surface area contributed by atoms with Gasteiger partial charge in [0.2, 0.25) is 0 Å². The highest BCUT2D eigenvalue weighted by atomic mass is 32.2. The Kier molecular flexibility index (Phi) is 2.99. The Morgan fingerprint density at radius 2 is 2.18 bits per heavy atom. The first kappa shape index (κ1) is 12.2. The van der Waals surface area contributed by atoms with Crippen molar-refractivity contribution in [3.63, 3.8) is 0 Å². The van der Waals surface area contributed by atoms with Crippen LogP contribution in [0.15, 0.2) is 16.3 Å². The normalized spacial score (nSPS) is 27.5. The van der Waals surface area contributed by atoms with Gasteiger partial charge in [-0.3, -0.25) is 14.7 Å². The molecule has 2 aliphatic rings. The lowest BCUT2D eigenvalue weighted by atomic mass is 10.0. The third kappa shape index (κ3) is 1.86. The second-order valence-electron chi connectivity index (χ2n) is 4.37. The topological polar surface area (TPSA) is 70.0 Å². The molecule has 0 aromatic rings. The number of carbonyl (C=O) groups is 2. The van der Waals surface area contributed by atoms with Crippen molar-refractivity contribution in [3.8, 4) is 0 Å². The average Bonchev–Trinajstić information content (AvgIpc) is 2.24. The van der Waals surface area contributed by atoms with E-state index in [1.807, 2.05) is 13.8 Å². The Balaban J connectivity index is 2.30. The molecule has 1 saturated heterocycles. The molecule has 6 heteroatoms. The molecule has 0 aromatic heterocycles. The van der Waals surface area contributed by atoms with Crippen LogP contribution in [-0.2, 0) is 9.59 Å². The van der Waals surface area contributed by atoms with Gasteiger partial charge in [0.15, 0.2) is 6.04 Å². The summed E-state index contributed by atoms with van der Waals surface area (Å²) >= 11 is 1.57. The molecule has 2 atom stereocenters. The highest BCUT2D eigenvalue weighted by Crippen LogP contribution is 2.41. The van der Waals surface area contributed by atoms with Gasteiger partial charge in [-0.2, -0.15) is 0 Å². The highest BCUT2D eigenvalue weighted by molar-refractivity contribution is 8.00. The second-order valence-corrected chi connectivity index (χ2v) is 5.47. The molecule has 0 aromatic carbocycles. The van der Waals surface area contributed by atoms with E-state index in [-0.39, 0.29) is 17.0 Å². The van der Waals surface area contributed by atoms with Crippen LogP contribution in [0.4, 0.5) is 0 Å². The number of carboxylic acid groups (broad SMARTS) is 1.